The van der Waals surface area contributed by atoms with Crippen LogP contribution in [0.3, 0.4) is 0 Å². The van der Waals surface area contributed by atoms with E-state index in [-0.39, 0.29) is 11.7 Å². The second kappa shape index (κ2) is 5.46. The van der Waals surface area contributed by atoms with Crippen molar-refractivity contribution in [2.24, 2.45) is 5.73 Å². The van der Waals surface area contributed by atoms with Gasteiger partial charge in [-0.3, -0.25) is 4.79 Å². The van der Waals surface area contributed by atoms with Crippen LogP contribution in [-0.4, -0.2) is 18.5 Å². The number of hydrogen-bond acceptors (Lipinski definition) is 2. The predicted molar refractivity (Wildman–Crippen MR) is 56.8 cm³/mol. The lowest BCUT2D eigenvalue weighted by Crippen LogP contribution is -2.39. The number of benzene rings is 1. The molecule has 1 atom stereocenters. The first-order valence-corrected chi connectivity index (χ1v) is 4.87. The van der Waals surface area contributed by atoms with Gasteiger partial charge in [0.25, 0.3) is 0 Å². The van der Waals surface area contributed by atoms with E-state index in [0.717, 1.165) is 5.56 Å². The molecule has 1 aromatic rings. The van der Waals surface area contributed by atoms with Crippen LogP contribution >= 0.6 is 0 Å². The van der Waals surface area contributed by atoms with Gasteiger partial charge in [0.2, 0.25) is 5.91 Å². The third-order valence-corrected chi connectivity index (χ3v) is 2.04. The van der Waals surface area contributed by atoms with Crippen molar-refractivity contribution in [3.8, 4) is 0 Å². The fourth-order valence-electron chi connectivity index (χ4n) is 1.14. The summed E-state index contributed by atoms with van der Waals surface area (Å²) in [5.74, 6) is -0.421. The standard InChI is InChI=1S/C11H15FN2O/c1-8(13)11(15)14-7-6-9-2-4-10(12)5-3-9/h2-5,8H,6-7,13H2,1H3,(H,14,15)/t8-/m0/s1. The number of carbonyl (C=O) groups excluding carboxylic acids is 1. The zero-order valence-electron chi connectivity index (χ0n) is 8.66. The molecular weight excluding hydrogens is 195 g/mol. The molecule has 0 saturated carbocycles. The maximum absolute atomic E-state index is 12.6. The van der Waals surface area contributed by atoms with Gasteiger partial charge in [-0.15, -0.1) is 0 Å². The normalized spacial score (nSPS) is 12.2. The molecule has 1 amide bonds. The molecule has 1 rings (SSSR count). The van der Waals surface area contributed by atoms with Gasteiger partial charge in [-0.05, 0) is 31.0 Å². The summed E-state index contributed by atoms with van der Waals surface area (Å²) >= 11 is 0. The van der Waals surface area contributed by atoms with Gasteiger partial charge in [0, 0.05) is 6.54 Å². The summed E-state index contributed by atoms with van der Waals surface area (Å²) < 4.78 is 12.6. The Morgan fingerprint density at radius 1 is 1.47 bits per heavy atom. The van der Waals surface area contributed by atoms with E-state index < -0.39 is 6.04 Å². The highest BCUT2D eigenvalue weighted by Gasteiger charge is 2.05. The minimum Gasteiger partial charge on any atom is -0.354 e. The summed E-state index contributed by atoms with van der Waals surface area (Å²) in [6.07, 6.45) is 0.679. The second-order valence-corrected chi connectivity index (χ2v) is 3.46. The van der Waals surface area contributed by atoms with Crippen LogP contribution in [0.15, 0.2) is 24.3 Å². The summed E-state index contributed by atoms with van der Waals surface area (Å²) in [5, 5.41) is 2.69. The number of nitrogens with one attached hydrogen (secondary N) is 1. The minimum atomic E-state index is -0.488. The molecule has 0 aliphatic heterocycles. The van der Waals surface area contributed by atoms with Crippen LogP contribution in [0.5, 0.6) is 0 Å². The van der Waals surface area contributed by atoms with Gasteiger partial charge in [0.1, 0.15) is 5.82 Å². The Kier molecular flexibility index (Phi) is 4.24. The highest BCUT2D eigenvalue weighted by molar-refractivity contribution is 5.80. The maximum atomic E-state index is 12.6. The van der Waals surface area contributed by atoms with E-state index in [0.29, 0.717) is 13.0 Å². The Bertz CT molecular complexity index is 322. The van der Waals surface area contributed by atoms with E-state index in [9.17, 15) is 9.18 Å². The molecule has 0 aliphatic rings. The molecule has 0 aliphatic carbocycles. The molecule has 0 bridgehead atoms. The lowest BCUT2D eigenvalue weighted by molar-refractivity contribution is -0.121. The van der Waals surface area contributed by atoms with Gasteiger partial charge >= 0.3 is 0 Å². The monoisotopic (exact) mass is 210 g/mol. The molecule has 1 aromatic carbocycles. The fourth-order valence-corrected chi connectivity index (χ4v) is 1.14. The Morgan fingerprint density at radius 2 is 2.07 bits per heavy atom. The molecule has 0 heterocycles. The van der Waals surface area contributed by atoms with Crippen molar-refractivity contribution >= 4 is 5.91 Å². The molecule has 15 heavy (non-hydrogen) atoms. The fraction of sp³-hybridized carbons (Fsp3) is 0.364. The van der Waals surface area contributed by atoms with Crippen molar-refractivity contribution in [2.75, 3.05) is 6.54 Å². The van der Waals surface area contributed by atoms with Crippen molar-refractivity contribution in [1.82, 2.24) is 5.32 Å². The van der Waals surface area contributed by atoms with E-state index in [4.69, 9.17) is 5.73 Å². The number of nitrogens with two attached hydrogens (primary N) is 1. The van der Waals surface area contributed by atoms with Gasteiger partial charge in [-0.2, -0.15) is 0 Å². The molecule has 0 saturated heterocycles. The Hall–Kier alpha value is -1.42. The zero-order chi connectivity index (χ0) is 11.3. The molecule has 0 aromatic heterocycles. The van der Waals surface area contributed by atoms with Crippen LogP contribution in [0.25, 0.3) is 0 Å². The topological polar surface area (TPSA) is 55.1 Å². The first kappa shape index (κ1) is 11.7. The van der Waals surface area contributed by atoms with E-state index in [2.05, 4.69) is 5.32 Å². The van der Waals surface area contributed by atoms with Crippen molar-refractivity contribution in [3.63, 3.8) is 0 Å². The van der Waals surface area contributed by atoms with Gasteiger partial charge in [-0.1, -0.05) is 12.1 Å². The van der Waals surface area contributed by atoms with Crippen molar-refractivity contribution in [3.05, 3.63) is 35.6 Å². The van der Waals surface area contributed by atoms with Crippen molar-refractivity contribution in [1.29, 1.82) is 0 Å². The Labute approximate surface area is 88.5 Å². The van der Waals surface area contributed by atoms with Crippen LogP contribution < -0.4 is 11.1 Å². The average Bonchev–Trinajstić information content (AvgIpc) is 2.20. The number of carbonyl (C=O) groups is 1. The van der Waals surface area contributed by atoms with Crippen LogP contribution in [0.1, 0.15) is 12.5 Å². The lowest BCUT2D eigenvalue weighted by Gasteiger charge is -2.07. The van der Waals surface area contributed by atoms with Crippen LogP contribution in [0, 0.1) is 5.82 Å². The lowest BCUT2D eigenvalue weighted by atomic mass is 10.1. The summed E-state index contributed by atoms with van der Waals surface area (Å²) in [7, 11) is 0. The third kappa shape index (κ3) is 4.08. The van der Waals surface area contributed by atoms with Crippen LogP contribution in [0.2, 0.25) is 0 Å². The van der Waals surface area contributed by atoms with Crippen LogP contribution in [-0.2, 0) is 11.2 Å². The SMILES string of the molecule is C[C@H](N)C(=O)NCCc1ccc(F)cc1. The second-order valence-electron chi connectivity index (χ2n) is 3.46. The molecule has 0 fully saturated rings. The molecule has 3 nitrogen and oxygen atoms in total. The van der Waals surface area contributed by atoms with Gasteiger partial charge < -0.3 is 11.1 Å². The summed E-state index contributed by atoms with van der Waals surface area (Å²) in [4.78, 5) is 11.1. The van der Waals surface area contributed by atoms with Crippen molar-refractivity contribution < 1.29 is 9.18 Å². The predicted octanol–water partition coefficient (Wildman–Crippen LogP) is 0.832. The van der Waals surface area contributed by atoms with E-state index in [1.165, 1.54) is 12.1 Å². The Balaban J connectivity index is 2.32. The molecule has 0 radical (unpaired) electrons. The van der Waals surface area contributed by atoms with Gasteiger partial charge in [-0.25, -0.2) is 4.39 Å². The van der Waals surface area contributed by atoms with Crippen molar-refractivity contribution in [2.45, 2.75) is 19.4 Å². The first-order valence-electron chi connectivity index (χ1n) is 4.87. The van der Waals surface area contributed by atoms with Gasteiger partial charge in [0.05, 0.1) is 6.04 Å². The number of hydrogen-bond donors (Lipinski definition) is 2. The summed E-state index contributed by atoms with van der Waals surface area (Å²) in [6.45, 7) is 2.15. The first-order chi connectivity index (χ1) is 7.09. The van der Waals surface area contributed by atoms with Gasteiger partial charge in [0.15, 0.2) is 0 Å². The zero-order valence-corrected chi connectivity index (χ0v) is 8.66. The number of halogens is 1. The molecular formula is C11H15FN2O. The van der Waals surface area contributed by atoms with E-state index >= 15 is 0 Å². The van der Waals surface area contributed by atoms with Crippen LogP contribution in [0.4, 0.5) is 4.39 Å². The summed E-state index contributed by atoms with van der Waals surface area (Å²) in [6, 6.07) is 5.73. The smallest absolute Gasteiger partial charge is 0.236 e. The average molecular weight is 210 g/mol. The van der Waals surface area contributed by atoms with E-state index in [1.54, 1.807) is 19.1 Å². The number of amides is 1. The number of rotatable bonds is 4. The summed E-state index contributed by atoms with van der Waals surface area (Å²) in [5.41, 5.74) is 6.36. The highest BCUT2D eigenvalue weighted by Crippen LogP contribution is 2.02. The largest absolute Gasteiger partial charge is 0.354 e. The van der Waals surface area contributed by atoms with E-state index in [1.807, 2.05) is 0 Å². The quantitative estimate of drug-likeness (QED) is 0.773. The maximum Gasteiger partial charge on any atom is 0.236 e. The molecule has 0 spiro atoms. The third-order valence-electron chi connectivity index (χ3n) is 2.04. The molecule has 4 heteroatoms. The molecule has 3 N–H and O–H groups in total. The molecule has 82 valence electrons. The minimum absolute atomic E-state index is 0.169. The highest BCUT2D eigenvalue weighted by atomic mass is 19.1. The molecule has 0 unspecified atom stereocenters. The Morgan fingerprint density at radius 3 is 2.60 bits per heavy atom.